The van der Waals surface area contributed by atoms with Gasteiger partial charge in [-0.3, -0.25) is 10.2 Å². The summed E-state index contributed by atoms with van der Waals surface area (Å²) in [5, 5.41) is 9.03. The van der Waals surface area contributed by atoms with E-state index >= 15 is 0 Å². The van der Waals surface area contributed by atoms with E-state index in [2.05, 4.69) is 47.6 Å². The predicted molar refractivity (Wildman–Crippen MR) is 168 cm³/mol. The second kappa shape index (κ2) is 14.9. The molecule has 1 aliphatic rings. The summed E-state index contributed by atoms with van der Waals surface area (Å²) in [6.45, 7) is 2.02. The quantitative estimate of drug-likeness (QED) is 0.162. The maximum absolute atomic E-state index is 14.2. The van der Waals surface area contributed by atoms with E-state index in [9.17, 15) is 4.79 Å². The maximum Gasteiger partial charge on any atom is 0.266 e. The summed E-state index contributed by atoms with van der Waals surface area (Å²) in [5.74, 6) is 0.793. The van der Waals surface area contributed by atoms with Crippen LogP contribution in [0.25, 0.3) is 0 Å². The number of benzene rings is 3. The van der Waals surface area contributed by atoms with Crippen molar-refractivity contribution in [1.82, 2.24) is 15.8 Å². The molecule has 0 fully saturated rings. The first-order valence-electron chi connectivity index (χ1n) is 13.6. The summed E-state index contributed by atoms with van der Waals surface area (Å²) in [4.78, 5) is 21.3. The Bertz CT molecular complexity index is 1320. The maximum atomic E-state index is 14.2. The number of aliphatic hydroxyl groups is 1. The van der Waals surface area contributed by atoms with Crippen LogP contribution >= 0.6 is 31.9 Å². The zero-order chi connectivity index (χ0) is 29.2. The number of nitrogens with zero attached hydrogens (tertiary/aromatic N) is 2. The number of carbonyl (C=O) groups excluding carboxylic acids is 1. The molecule has 0 radical (unpaired) electrons. The minimum atomic E-state index is -1.29. The summed E-state index contributed by atoms with van der Waals surface area (Å²) in [6.07, 6.45) is 1.06. The third-order valence-corrected chi connectivity index (χ3v) is 7.96. The Morgan fingerprint density at radius 3 is 2.46 bits per heavy atom. The number of carbonyl (C=O) groups is 1. The monoisotopic (exact) mass is 686 g/mol. The van der Waals surface area contributed by atoms with Crippen LogP contribution in [0.1, 0.15) is 35.6 Å². The first kappa shape index (κ1) is 31.2. The van der Waals surface area contributed by atoms with Crippen molar-refractivity contribution in [2.24, 2.45) is 4.99 Å². The molecule has 4 rings (SSSR count). The Hall–Kier alpha value is -2.76. The fourth-order valence-corrected chi connectivity index (χ4v) is 5.35. The number of aliphatic hydroxyl groups excluding tert-OH is 1. The highest BCUT2D eigenvalue weighted by Crippen LogP contribution is 2.44. The number of amides is 1. The molecule has 3 N–H and O–H groups in total. The van der Waals surface area contributed by atoms with Gasteiger partial charge in [0.25, 0.3) is 5.91 Å². The second-order valence-electron chi connectivity index (χ2n) is 10.2. The molecule has 0 aliphatic carbocycles. The van der Waals surface area contributed by atoms with E-state index in [1.165, 1.54) is 0 Å². The zero-order valence-electron chi connectivity index (χ0n) is 23.3. The van der Waals surface area contributed by atoms with Gasteiger partial charge in [0.05, 0.1) is 6.61 Å². The van der Waals surface area contributed by atoms with Crippen LogP contribution in [-0.2, 0) is 16.0 Å². The molecule has 0 unspecified atom stereocenters. The first-order valence-corrected chi connectivity index (χ1v) is 15.2. The van der Waals surface area contributed by atoms with Crippen LogP contribution in [0.2, 0.25) is 0 Å². The number of halogens is 2. The molecule has 0 bridgehead atoms. The number of rotatable bonds is 14. The van der Waals surface area contributed by atoms with Crippen LogP contribution in [-0.4, -0.2) is 67.7 Å². The van der Waals surface area contributed by atoms with Crippen LogP contribution in [0.4, 0.5) is 0 Å². The molecule has 10 heteroatoms. The van der Waals surface area contributed by atoms with Gasteiger partial charge in [0, 0.05) is 46.1 Å². The van der Waals surface area contributed by atoms with Gasteiger partial charge in [-0.05, 0) is 75.1 Å². The Balaban J connectivity index is 1.71. The van der Waals surface area contributed by atoms with Crippen LogP contribution in [0.5, 0.6) is 5.75 Å². The lowest BCUT2D eigenvalue weighted by Crippen LogP contribution is -2.54. The topological polar surface area (TPSA) is 95.4 Å². The molecule has 218 valence electrons. The van der Waals surface area contributed by atoms with Crippen molar-refractivity contribution < 1.29 is 19.4 Å². The largest absolute Gasteiger partial charge is 0.494 e. The molecule has 41 heavy (non-hydrogen) atoms. The summed E-state index contributed by atoms with van der Waals surface area (Å²) >= 11 is 7.19. The van der Waals surface area contributed by atoms with Crippen molar-refractivity contribution >= 4 is 43.7 Å². The fourth-order valence-electron chi connectivity index (χ4n) is 4.60. The minimum absolute atomic E-state index is 0.0756. The van der Waals surface area contributed by atoms with Crippen LogP contribution < -0.4 is 15.6 Å². The fraction of sp³-hybridized carbons (Fsp3) is 0.355. The van der Waals surface area contributed by atoms with Crippen molar-refractivity contribution in [2.45, 2.75) is 30.9 Å². The van der Waals surface area contributed by atoms with Crippen LogP contribution in [0.15, 0.2) is 86.7 Å². The van der Waals surface area contributed by atoms with E-state index < -0.39 is 11.6 Å². The van der Waals surface area contributed by atoms with Crippen molar-refractivity contribution in [3.05, 3.63) is 98.4 Å². The Labute approximate surface area is 258 Å². The summed E-state index contributed by atoms with van der Waals surface area (Å²) < 4.78 is 14.1. The second-order valence-corrected chi connectivity index (χ2v) is 11.9. The third-order valence-electron chi connectivity index (χ3n) is 6.71. The van der Waals surface area contributed by atoms with Crippen LogP contribution in [0, 0.1) is 0 Å². The van der Waals surface area contributed by atoms with E-state index in [-0.39, 0.29) is 12.5 Å². The van der Waals surface area contributed by atoms with Crippen molar-refractivity contribution in [3.63, 3.8) is 0 Å². The van der Waals surface area contributed by atoms with Gasteiger partial charge in [-0.25, -0.2) is 10.4 Å². The smallest absolute Gasteiger partial charge is 0.266 e. The number of hydrazine groups is 1. The number of hydrogen-bond donors (Lipinski definition) is 3. The lowest BCUT2D eigenvalue weighted by molar-refractivity contribution is -0.130. The Kier molecular flexibility index (Phi) is 11.4. The number of nitrogens with one attached hydrogen (secondary N) is 2. The highest BCUT2D eigenvalue weighted by molar-refractivity contribution is 9.10. The molecular formula is C31H36Br2N4O4. The predicted octanol–water partition coefficient (Wildman–Crippen LogP) is 5.04. The molecule has 1 aliphatic heterocycles. The van der Waals surface area contributed by atoms with Gasteiger partial charge in [-0.2, -0.15) is 0 Å². The Morgan fingerprint density at radius 1 is 1.05 bits per heavy atom. The van der Waals surface area contributed by atoms with E-state index in [1.807, 2.05) is 86.9 Å². The van der Waals surface area contributed by atoms with Crippen molar-refractivity contribution in [1.29, 1.82) is 0 Å². The van der Waals surface area contributed by atoms with Crippen molar-refractivity contribution in [2.75, 3.05) is 40.4 Å². The normalized spacial score (nSPS) is 18.2. The first-order chi connectivity index (χ1) is 19.8. The van der Waals surface area contributed by atoms with E-state index in [1.54, 1.807) is 0 Å². The standard InChI is InChI=1S/C31H36Br2N4O4/c1-37(2)18-5-17-34-36-30(39)31(21-22-9-13-24(32)14-10-22)28(26-7-3-4-8-27(26)33)41-29(35-31)23-11-15-25(16-12-23)40-20-6-19-38/h3-4,7-16,28,34,38H,5-6,17-21H2,1-2H3,(H,36,39)/t28-,31-/m0/s1. The highest BCUT2D eigenvalue weighted by Gasteiger charge is 2.53. The van der Waals surface area contributed by atoms with Gasteiger partial charge in [0.15, 0.2) is 11.6 Å². The number of hydrogen-bond acceptors (Lipinski definition) is 7. The summed E-state index contributed by atoms with van der Waals surface area (Å²) in [7, 11) is 4.04. The number of aliphatic imine (C=N–C) groups is 1. The SMILES string of the molecule is CN(C)CCCNNC(=O)[C@@]1(Cc2ccc(Br)cc2)N=C(c2ccc(OCCCO)cc2)O[C@H]1c1ccccc1Br. The average Bonchev–Trinajstić information content (AvgIpc) is 3.34. The highest BCUT2D eigenvalue weighted by atomic mass is 79.9. The van der Waals surface area contributed by atoms with Crippen LogP contribution in [0.3, 0.4) is 0 Å². The molecule has 1 heterocycles. The van der Waals surface area contributed by atoms with Gasteiger partial charge in [-0.1, -0.05) is 62.2 Å². The van der Waals surface area contributed by atoms with E-state index in [0.29, 0.717) is 37.6 Å². The van der Waals surface area contributed by atoms with Gasteiger partial charge in [0.2, 0.25) is 5.90 Å². The van der Waals surface area contributed by atoms with E-state index in [0.717, 1.165) is 38.6 Å². The minimum Gasteiger partial charge on any atom is -0.494 e. The molecule has 0 aromatic heterocycles. The lowest BCUT2D eigenvalue weighted by atomic mass is 9.82. The van der Waals surface area contributed by atoms with Gasteiger partial charge in [-0.15, -0.1) is 0 Å². The molecule has 0 spiro atoms. The molecule has 3 aromatic rings. The molecule has 3 aromatic carbocycles. The Morgan fingerprint density at radius 2 is 1.78 bits per heavy atom. The number of ether oxygens (including phenoxy) is 2. The summed E-state index contributed by atoms with van der Waals surface area (Å²) in [5.41, 5.74) is 7.27. The average molecular weight is 688 g/mol. The van der Waals surface area contributed by atoms with Gasteiger partial charge < -0.3 is 19.5 Å². The molecule has 1 amide bonds. The molecule has 0 saturated carbocycles. The lowest BCUT2D eigenvalue weighted by Gasteiger charge is -2.31. The molecule has 8 nitrogen and oxygen atoms in total. The molecule has 0 saturated heterocycles. The zero-order valence-corrected chi connectivity index (χ0v) is 26.4. The molecular weight excluding hydrogens is 652 g/mol. The van der Waals surface area contributed by atoms with Gasteiger partial charge >= 0.3 is 0 Å². The van der Waals surface area contributed by atoms with Crippen molar-refractivity contribution in [3.8, 4) is 5.75 Å². The third kappa shape index (κ3) is 8.17. The van der Waals surface area contributed by atoms with Gasteiger partial charge in [0.1, 0.15) is 5.75 Å². The van der Waals surface area contributed by atoms with E-state index in [4.69, 9.17) is 19.6 Å². The molecule has 2 atom stereocenters. The summed E-state index contributed by atoms with van der Waals surface area (Å²) in [6, 6.07) is 23.1.